The van der Waals surface area contributed by atoms with Crippen LogP contribution in [0.3, 0.4) is 0 Å². The van der Waals surface area contributed by atoms with Crippen molar-refractivity contribution >= 4 is 0 Å². The minimum absolute atomic E-state index is 0.530. The second-order valence-electron chi connectivity index (χ2n) is 7.71. The topological polar surface area (TPSA) is 12.0 Å². The van der Waals surface area contributed by atoms with E-state index in [1.807, 2.05) is 0 Å². The van der Waals surface area contributed by atoms with Crippen molar-refractivity contribution in [1.82, 2.24) is 5.32 Å². The van der Waals surface area contributed by atoms with Crippen LogP contribution in [0.15, 0.2) is 0 Å². The molecule has 0 bridgehead atoms. The molecule has 17 heavy (non-hydrogen) atoms. The van der Waals surface area contributed by atoms with E-state index in [1.54, 1.807) is 0 Å². The Kier molecular flexibility index (Phi) is 4.18. The Balaban J connectivity index is 1.59. The van der Waals surface area contributed by atoms with Gasteiger partial charge in [0.15, 0.2) is 0 Å². The van der Waals surface area contributed by atoms with E-state index < -0.39 is 0 Å². The van der Waals surface area contributed by atoms with Gasteiger partial charge in [-0.05, 0) is 74.3 Å². The van der Waals surface area contributed by atoms with E-state index in [9.17, 15) is 0 Å². The van der Waals surface area contributed by atoms with Crippen LogP contribution in [-0.4, -0.2) is 13.1 Å². The van der Waals surface area contributed by atoms with E-state index in [-0.39, 0.29) is 0 Å². The maximum Gasteiger partial charge on any atom is -0.00177 e. The fourth-order valence-corrected chi connectivity index (χ4v) is 3.39. The summed E-state index contributed by atoms with van der Waals surface area (Å²) in [6.45, 7) is 12.2. The lowest BCUT2D eigenvalue weighted by Crippen LogP contribution is -2.31. The van der Waals surface area contributed by atoms with Gasteiger partial charge in [-0.3, -0.25) is 0 Å². The average molecular weight is 237 g/mol. The molecule has 2 saturated carbocycles. The Morgan fingerprint density at radius 1 is 1.00 bits per heavy atom. The molecule has 2 rings (SSSR count). The molecule has 0 heterocycles. The van der Waals surface area contributed by atoms with E-state index in [0.717, 1.165) is 23.7 Å². The van der Waals surface area contributed by atoms with Gasteiger partial charge in [-0.1, -0.05) is 27.7 Å². The SMILES string of the molecule is CC1CC1CNCC1CCC(C(C)(C)C)CC1. The third-order valence-electron chi connectivity index (χ3n) is 5.19. The third-order valence-corrected chi connectivity index (χ3v) is 5.19. The molecule has 0 aromatic carbocycles. The van der Waals surface area contributed by atoms with Crippen LogP contribution in [0.2, 0.25) is 0 Å². The largest absolute Gasteiger partial charge is 0.316 e. The summed E-state index contributed by atoms with van der Waals surface area (Å²) in [5.41, 5.74) is 0.530. The zero-order valence-corrected chi connectivity index (χ0v) is 12.3. The summed E-state index contributed by atoms with van der Waals surface area (Å²) >= 11 is 0. The van der Waals surface area contributed by atoms with Gasteiger partial charge in [-0.15, -0.1) is 0 Å². The highest BCUT2D eigenvalue weighted by Crippen LogP contribution is 2.40. The Morgan fingerprint density at radius 2 is 1.59 bits per heavy atom. The van der Waals surface area contributed by atoms with Crippen LogP contribution >= 0.6 is 0 Å². The van der Waals surface area contributed by atoms with Crippen LogP contribution in [0, 0.1) is 29.1 Å². The van der Waals surface area contributed by atoms with Gasteiger partial charge in [0.05, 0.1) is 0 Å². The molecule has 1 nitrogen and oxygen atoms in total. The fourth-order valence-electron chi connectivity index (χ4n) is 3.39. The molecule has 2 fully saturated rings. The number of hydrogen-bond acceptors (Lipinski definition) is 1. The quantitative estimate of drug-likeness (QED) is 0.776. The van der Waals surface area contributed by atoms with Gasteiger partial charge in [-0.25, -0.2) is 0 Å². The molecule has 2 unspecified atom stereocenters. The van der Waals surface area contributed by atoms with Gasteiger partial charge >= 0.3 is 0 Å². The van der Waals surface area contributed by atoms with Crippen molar-refractivity contribution in [3.63, 3.8) is 0 Å². The lowest BCUT2D eigenvalue weighted by Gasteiger charge is -2.37. The predicted molar refractivity (Wildman–Crippen MR) is 75.0 cm³/mol. The van der Waals surface area contributed by atoms with Crippen LogP contribution in [0.4, 0.5) is 0 Å². The summed E-state index contributed by atoms with van der Waals surface area (Å²) in [4.78, 5) is 0. The van der Waals surface area contributed by atoms with Gasteiger partial charge in [0, 0.05) is 0 Å². The van der Waals surface area contributed by atoms with Gasteiger partial charge in [-0.2, -0.15) is 0 Å². The first kappa shape index (κ1) is 13.4. The normalized spacial score (nSPS) is 38.1. The molecule has 2 aliphatic carbocycles. The Bertz CT molecular complexity index is 232. The van der Waals surface area contributed by atoms with Crippen LogP contribution in [0.1, 0.15) is 59.8 Å². The van der Waals surface area contributed by atoms with E-state index in [4.69, 9.17) is 0 Å². The molecule has 1 N–H and O–H groups in total. The monoisotopic (exact) mass is 237 g/mol. The molecular formula is C16H31N. The second-order valence-corrected chi connectivity index (χ2v) is 7.71. The zero-order chi connectivity index (χ0) is 12.5. The number of hydrogen-bond donors (Lipinski definition) is 1. The minimum Gasteiger partial charge on any atom is -0.316 e. The van der Waals surface area contributed by atoms with E-state index in [1.165, 1.54) is 45.2 Å². The van der Waals surface area contributed by atoms with Crippen molar-refractivity contribution in [2.24, 2.45) is 29.1 Å². The predicted octanol–water partition coefficient (Wildman–Crippen LogP) is 4.08. The van der Waals surface area contributed by atoms with E-state index in [2.05, 4.69) is 33.0 Å². The lowest BCUT2D eigenvalue weighted by atomic mass is 9.70. The molecular weight excluding hydrogens is 206 g/mol. The highest BCUT2D eigenvalue weighted by atomic mass is 14.9. The Hall–Kier alpha value is -0.0400. The maximum absolute atomic E-state index is 3.70. The smallest absolute Gasteiger partial charge is 0.00177 e. The number of rotatable bonds is 4. The molecule has 0 amide bonds. The first-order chi connectivity index (χ1) is 7.97. The van der Waals surface area contributed by atoms with Crippen molar-refractivity contribution in [2.75, 3.05) is 13.1 Å². The van der Waals surface area contributed by atoms with Gasteiger partial charge in [0.2, 0.25) is 0 Å². The molecule has 1 heteroatoms. The molecule has 0 aromatic rings. The summed E-state index contributed by atoms with van der Waals surface area (Å²) in [5, 5.41) is 3.70. The first-order valence-electron chi connectivity index (χ1n) is 7.67. The van der Waals surface area contributed by atoms with Crippen LogP contribution < -0.4 is 5.32 Å². The van der Waals surface area contributed by atoms with Crippen molar-refractivity contribution in [1.29, 1.82) is 0 Å². The summed E-state index contributed by atoms with van der Waals surface area (Å²) in [6.07, 6.45) is 7.28. The van der Waals surface area contributed by atoms with E-state index >= 15 is 0 Å². The number of nitrogens with one attached hydrogen (secondary N) is 1. The minimum atomic E-state index is 0.530. The van der Waals surface area contributed by atoms with Gasteiger partial charge in [0.1, 0.15) is 0 Å². The van der Waals surface area contributed by atoms with Gasteiger partial charge in [0.25, 0.3) is 0 Å². The molecule has 2 aliphatic rings. The summed E-state index contributed by atoms with van der Waals surface area (Å²) in [7, 11) is 0. The third kappa shape index (κ3) is 3.98. The molecule has 100 valence electrons. The summed E-state index contributed by atoms with van der Waals surface area (Å²) in [6, 6.07) is 0. The molecule has 0 spiro atoms. The highest BCUT2D eigenvalue weighted by Gasteiger charge is 2.32. The van der Waals surface area contributed by atoms with Crippen molar-refractivity contribution in [3.05, 3.63) is 0 Å². The lowest BCUT2D eigenvalue weighted by molar-refractivity contribution is 0.149. The molecule has 0 radical (unpaired) electrons. The van der Waals surface area contributed by atoms with Crippen LogP contribution in [-0.2, 0) is 0 Å². The summed E-state index contributed by atoms with van der Waals surface area (Å²) < 4.78 is 0. The molecule has 2 atom stereocenters. The molecule has 0 aromatic heterocycles. The van der Waals surface area contributed by atoms with E-state index in [0.29, 0.717) is 5.41 Å². The maximum atomic E-state index is 3.70. The van der Waals surface area contributed by atoms with Gasteiger partial charge < -0.3 is 5.32 Å². The van der Waals surface area contributed by atoms with Crippen molar-refractivity contribution in [3.8, 4) is 0 Å². The molecule has 0 saturated heterocycles. The zero-order valence-electron chi connectivity index (χ0n) is 12.3. The summed E-state index contributed by atoms with van der Waals surface area (Å²) in [5.74, 6) is 3.92. The first-order valence-corrected chi connectivity index (χ1v) is 7.67. The highest BCUT2D eigenvalue weighted by molar-refractivity contribution is 4.85. The fraction of sp³-hybridized carbons (Fsp3) is 1.00. The Morgan fingerprint density at radius 3 is 2.06 bits per heavy atom. The molecule has 0 aliphatic heterocycles. The average Bonchev–Trinajstić information content (AvgIpc) is 2.94. The standard InChI is InChI=1S/C16H31N/c1-12-9-14(12)11-17-10-13-5-7-15(8-6-13)16(2,3)4/h12-15,17H,5-11H2,1-4H3. The van der Waals surface area contributed by atoms with Crippen molar-refractivity contribution in [2.45, 2.75) is 59.8 Å². The van der Waals surface area contributed by atoms with Crippen LogP contribution in [0.25, 0.3) is 0 Å². The Labute approximate surface area is 108 Å². The van der Waals surface area contributed by atoms with Crippen LogP contribution in [0.5, 0.6) is 0 Å². The van der Waals surface area contributed by atoms with Crippen molar-refractivity contribution < 1.29 is 0 Å². The second kappa shape index (κ2) is 5.30.